The normalized spacial score (nSPS) is 17.2. The highest BCUT2D eigenvalue weighted by molar-refractivity contribution is 9.10. The number of aliphatic hydroxyl groups excluding tert-OH is 1. The molecule has 2 atom stereocenters. The number of carbonyl (C=O) groups excluding carboxylic acids is 1. The van der Waals surface area contributed by atoms with Crippen LogP contribution in [0.4, 0.5) is 0 Å². The van der Waals surface area contributed by atoms with Gasteiger partial charge in [-0.1, -0.05) is 58.4 Å². The van der Waals surface area contributed by atoms with Gasteiger partial charge in [-0.2, -0.15) is 0 Å². The molecule has 8 nitrogen and oxygen atoms in total. The maximum absolute atomic E-state index is 14.5. The summed E-state index contributed by atoms with van der Waals surface area (Å²) in [6.07, 6.45) is 0.705. The summed E-state index contributed by atoms with van der Waals surface area (Å²) in [7, 11) is 3.25. The Morgan fingerprint density at radius 1 is 0.933 bits per heavy atom. The Balaban J connectivity index is 1.53. The first-order valence-corrected chi connectivity index (χ1v) is 15.6. The Bertz CT molecular complexity index is 1630. The number of benzene rings is 4. The molecule has 0 bridgehead atoms. The number of hydrogen-bond acceptors (Lipinski definition) is 7. The smallest absolute Gasteiger partial charge is 0.252 e. The van der Waals surface area contributed by atoms with Crippen LogP contribution < -0.4 is 19.5 Å². The maximum Gasteiger partial charge on any atom is 0.252 e. The molecule has 2 N–H and O–H groups in total. The van der Waals surface area contributed by atoms with E-state index in [1.165, 1.54) is 0 Å². The van der Waals surface area contributed by atoms with Crippen molar-refractivity contribution >= 4 is 27.7 Å². The number of hydrogen-bond donors (Lipinski definition) is 2. The lowest BCUT2D eigenvalue weighted by Crippen LogP contribution is -2.50. The number of amides is 1. The molecular formula is C36H37BrN2O6. The largest absolute Gasteiger partial charge is 0.497 e. The predicted molar refractivity (Wildman–Crippen MR) is 177 cm³/mol. The number of halogens is 1. The fourth-order valence-corrected chi connectivity index (χ4v) is 5.75. The van der Waals surface area contributed by atoms with Gasteiger partial charge in [0.2, 0.25) is 5.90 Å². The summed E-state index contributed by atoms with van der Waals surface area (Å²) >= 11 is 3.68. The van der Waals surface area contributed by atoms with E-state index in [1.807, 2.05) is 97.1 Å². The summed E-state index contributed by atoms with van der Waals surface area (Å²) in [5.41, 5.74) is 2.13. The van der Waals surface area contributed by atoms with E-state index in [0.29, 0.717) is 43.4 Å². The Labute approximate surface area is 272 Å². The fourth-order valence-electron chi connectivity index (χ4n) is 5.32. The van der Waals surface area contributed by atoms with Crippen molar-refractivity contribution in [3.63, 3.8) is 0 Å². The van der Waals surface area contributed by atoms with E-state index in [9.17, 15) is 4.79 Å². The van der Waals surface area contributed by atoms with Crippen LogP contribution in [0.1, 0.15) is 34.8 Å². The number of rotatable bonds is 14. The van der Waals surface area contributed by atoms with E-state index in [4.69, 9.17) is 29.0 Å². The molecule has 1 amide bonds. The first-order chi connectivity index (χ1) is 22.0. The lowest BCUT2D eigenvalue weighted by atomic mass is 9.82. The van der Waals surface area contributed by atoms with Crippen LogP contribution in [0.25, 0.3) is 0 Å². The van der Waals surface area contributed by atoms with Crippen molar-refractivity contribution in [2.24, 2.45) is 4.99 Å². The molecule has 1 heterocycles. The molecule has 234 valence electrons. The molecule has 0 spiro atoms. The average Bonchev–Trinajstić information content (AvgIpc) is 3.47. The van der Waals surface area contributed by atoms with Gasteiger partial charge < -0.3 is 29.4 Å². The van der Waals surface area contributed by atoms with Crippen molar-refractivity contribution in [2.45, 2.75) is 30.9 Å². The van der Waals surface area contributed by atoms with E-state index in [-0.39, 0.29) is 18.9 Å². The van der Waals surface area contributed by atoms with Crippen LogP contribution in [0.3, 0.4) is 0 Å². The van der Waals surface area contributed by atoms with Gasteiger partial charge in [0.1, 0.15) is 17.2 Å². The molecule has 0 aromatic heterocycles. The highest BCUT2D eigenvalue weighted by Crippen LogP contribution is 2.44. The first kappa shape index (κ1) is 32.1. The number of aliphatic hydroxyl groups is 1. The van der Waals surface area contributed by atoms with Crippen molar-refractivity contribution in [2.75, 3.05) is 34.0 Å². The van der Waals surface area contributed by atoms with Gasteiger partial charge in [-0.25, -0.2) is 4.99 Å². The molecule has 0 radical (unpaired) electrons. The minimum absolute atomic E-state index is 0.0651. The molecule has 9 heteroatoms. The van der Waals surface area contributed by atoms with Crippen molar-refractivity contribution in [3.8, 4) is 17.2 Å². The van der Waals surface area contributed by atoms with Crippen molar-refractivity contribution < 1.29 is 28.8 Å². The minimum Gasteiger partial charge on any atom is -0.497 e. The average molecular weight is 674 g/mol. The number of ether oxygens (including phenoxy) is 4. The van der Waals surface area contributed by atoms with Gasteiger partial charge >= 0.3 is 0 Å². The van der Waals surface area contributed by atoms with Crippen LogP contribution in [0.5, 0.6) is 17.2 Å². The summed E-state index contributed by atoms with van der Waals surface area (Å²) in [4.78, 5) is 19.6. The lowest BCUT2D eigenvalue weighted by molar-refractivity contribution is -0.128. The van der Waals surface area contributed by atoms with Gasteiger partial charge in [-0.05, 0) is 77.7 Å². The van der Waals surface area contributed by atoms with Gasteiger partial charge in [-0.15, -0.1) is 0 Å². The second kappa shape index (κ2) is 15.1. The van der Waals surface area contributed by atoms with Gasteiger partial charge in [0, 0.05) is 36.0 Å². The van der Waals surface area contributed by atoms with Gasteiger partial charge in [0.25, 0.3) is 5.91 Å². The zero-order chi connectivity index (χ0) is 31.6. The van der Waals surface area contributed by atoms with Crippen LogP contribution in [0.15, 0.2) is 107 Å². The highest BCUT2D eigenvalue weighted by Gasteiger charge is 2.53. The standard InChI is InChI=1S/C36H37BrN2O6/c1-42-30-11-5-8-25(22-30)18-19-38-35(41)36(24-28-9-3-4-13-32(28)37)33(27-10-6-12-31(23-27)43-2)45-34(39-36)26-14-16-29(17-15-26)44-21-7-20-40/h3-6,8-17,22-23,33,40H,7,18-21,24H2,1-2H3,(H,38,41)/t33-,36-/m1/s1. The zero-order valence-corrected chi connectivity index (χ0v) is 27.0. The van der Waals surface area contributed by atoms with Crippen molar-refractivity contribution in [1.29, 1.82) is 0 Å². The zero-order valence-electron chi connectivity index (χ0n) is 25.4. The van der Waals surface area contributed by atoms with E-state index in [1.54, 1.807) is 14.2 Å². The van der Waals surface area contributed by atoms with Crippen molar-refractivity contribution in [3.05, 3.63) is 124 Å². The molecule has 0 saturated carbocycles. The van der Waals surface area contributed by atoms with E-state index >= 15 is 0 Å². The third kappa shape index (κ3) is 7.67. The SMILES string of the molecule is COc1cccc(CCNC(=O)[C@]2(Cc3ccccc3Br)N=C(c3ccc(OCCCO)cc3)O[C@@H]2c2cccc(OC)c2)c1. The van der Waals surface area contributed by atoms with Gasteiger partial charge in [-0.3, -0.25) is 4.79 Å². The Morgan fingerprint density at radius 2 is 1.67 bits per heavy atom. The molecule has 4 aromatic rings. The molecule has 1 aliphatic heterocycles. The first-order valence-electron chi connectivity index (χ1n) is 14.8. The summed E-state index contributed by atoms with van der Waals surface area (Å²) in [5.74, 6) is 2.21. The van der Waals surface area contributed by atoms with Gasteiger partial charge in [0.15, 0.2) is 11.6 Å². The quantitative estimate of drug-likeness (QED) is 0.158. The molecular weight excluding hydrogens is 636 g/mol. The molecule has 0 aliphatic carbocycles. The van der Waals surface area contributed by atoms with Crippen LogP contribution >= 0.6 is 15.9 Å². The monoisotopic (exact) mass is 672 g/mol. The van der Waals surface area contributed by atoms with Crippen LogP contribution in [0, 0.1) is 0 Å². The van der Waals surface area contributed by atoms with Crippen LogP contribution in [0.2, 0.25) is 0 Å². The van der Waals surface area contributed by atoms with E-state index in [0.717, 1.165) is 32.5 Å². The molecule has 0 saturated heterocycles. The Hall–Kier alpha value is -4.34. The highest BCUT2D eigenvalue weighted by atomic mass is 79.9. The summed E-state index contributed by atoms with van der Waals surface area (Å²) < 4.78 is 24.1. The molecule has 0 unspecified atom stereocenters. The van der Waals surface area contributed by atoms with E-state index in [2.05, 4.69) is 21.2 Å². The molecule has 4 aromatic carbocycles. The minimum atomic E-state index is -1.34. The lowest BCUT2D eigenvalue weighted by Gasteiger charge is -2.31. The summed E-state index contributed by atoms with van der Waals surface area (Å²) in [6.45, 7) is 0.880. The number of nitrogens with zero attached hydrogens (tertiary/aromatic N) is 1. The second-order valence-electron chi connectivity index (χ2n) is 10.7. The topological polar surface area (TPSA) is 98.6 Å². The fraction of sp³-hybridized carbons (Fsp3) is 0.278. The summed E-state index contributed by atoms with van der Waals surface area (Å²) in [5, 5.41) is 12.2. The Kier molecular flexibility index (Phi) is 10.8. The number of methoxy groups -OCH3 is 2. The van der Waals surface area contributed by atoms with Crippen LogP contribution in [-0.2, 0) is 22.4 Å². The molecule has 1 aliphatic rings. The summed E-state index contributed by atoms with van der Waals surface area (Å²) in [6, 6.07) is 30.6. The molecule has 5 rings (SSSR count). The number of carbonyl (C=O) groups is 1. The third-order valence-electron chi connectivity index (χ3n) is 7.68. The molecule has 0 fully saturated rings. The Morgan fingerprint density at radius 3 is 2.40 bits per heavy atom. The molecule has 45 heavy (non-hydrogen) atoms. The second-order valence-corrected chi connectivity index (χ2v) is 11.5. The van der Waals surface area contributed by atoms with E-state index < -0.39 is 11.6 Å². The number of aliphatic imine (C=N–C) groups is 1. The van der Waals surface area contributed by atoms with Gasteiger partial charge in [0.05, 0.1) is 20.8 Å². The van der Waals surface area contributed by atoms with Crippen LogP contribution in [-0.4, -0.2) is 56.4 Å². The third-order valence-corrected chi connectivity index (χ3v) is 8.45. The van der Waals surface area contributed by atoms with Crippen molar-refractivity contribution in [1.82, 2.24) is 5.32 Å². The predicted octanol–water partition coefficient (Wildman–Crippen LogP) is 6.09. The maximum atomic E-state index is 14.5. The number of nitrogens with one attached hydrogen (secondary N) is 1.